The lowest BCUT2D eigenvalue weighted by atomic mass is 9.81. The van der Waals surface area contributed by atoms with E-state index in [1.165, 1.54) is 4.90 Å². The van der Waals surface area contributed by atoms with Gasteiger partial charge < -0.3 is 5.32 Å². The predicted molar refractivity (Wildman–Crippen MR) is 118 cm³/mol. The number of imide groups is 1. The number of rotatable bonds is 5. The van der Waals surface area contributed by atoms with Gasteiger partial charge in [-0.05, 0) is 61.6 Å². The minimum Gasteiger partial charge on any atom is -0.324 e. The van der Waals surface area contributed by atoms with E-state index in [9.17, 15) is 14.4 Å². The minimum atomic E-state index is -0.841. The average molecular weight is 417 g/mol. The summed E-state index contributed by atoms with van der Waals surface area (Å²) in [6.45, 7) is 3.89. The summed E-state index contributed by atoms with van der Waals surface area (Å²) in [6.07, 6.45) is 3.36. The third-order valence-electron chi connectivity index (χ3n) is 7.58. The van der Waals surface area contributed by atoms with Crippen LogP contribution < -0.4 is 5.32 Å². The molecule has 2 aliphatic carbocycles. The number of amides is 3. The van der Waals surface area contributed by atoms with E-state index in [1.807, 2.05) is 62.4 Å². The second kappa shape index (κ2) is 7.63. The smallest absolute Gasteiger partial charge is 0.248 e. The number of carbonyl (C=O) groups is 3. The number of para-hydroxylation sites is 1. The highest BCUT2D eigenvalue weighted by atomic mass is 16.2. The average Bonchev–Trinajstić information content (AvgIpc) is 3.44. The van der Waals surface area contributed by atoms with Crippen LogP contribution in [0.2, 0.25) is 0 Å². The molecular formula is C26H28N2O3. The first kappa shape index (κ1) is 20.0. The molecular weight excluding hydrogens is 388 g/mol. The van der Waals surface area contributed by atoms with Crippen LogP contribution in [0.3, 0.4) is 0 Å². The van der Waals surface area contributed by atoms with E-state index in [0.717, 1.165) is 41.6 Å². The Morgan fingerprint density at radius 2 is 1.52 bits per heavy atom. The number of fused-ring (bicyclic) bond motifs is 5. The Morgan fingerprint density at radius 1 is 0.935 bits per heavy atom. The summed E-state index contributed by atoms with van der Waals surface area (Å²) in [4.78, 5) is 41.7. The molecule has 5 atom stereocenters. The topological polar surface area (TPSA) is 66.5 Å². The number of carbonyl (C=O) groups excluding carboxylic acids is 3. The van der Waals surface area contributed by atoms with Crippen LogP contribution in [0.25, 0.3) is 0 Å². The predicted octanol–water partition coefficient (Wildman–Crippen LogP) is 3.88. The van der Waals surface area contributed by atoms with Crippen LogP contribution >= 0.6 is 0 Å². The lowest BCUT2D eigenvalue weighted by Gasteiger charge is -2.27. The van der Waals surface area contributed by atoms with Gasteiger partial charge in [0.2, 0.25) is 17.7 Å². The number of aryl methyl sites for hydroxylation is 2. The van der Waals surface area contributed by atoms with E-state index in [4.69, 9.17) is 0 Å². The van der Waals surface area contributed by atoms with Gasteiger partial charge in [-0.1, -0.05) is 48.5 Å². The number of nitrogens with zero attached hydrogens (tertiary/aromatic N) is 1. The lowest BCUT2D eigenvalue weighted by Crippen LogP contribution is -2.49. The first-order chi connectivity index (χ1) is 15.0. The van der Waals surface area contributed by atoms with Crippen LogP contribution in [0.1, 0.15) is 36.0 Å². The van der Waals surface area contributed by atoms with Gasteiger partial charge in [0.15, 0.2) is 0 Å². The molecule has 31 heavy (non-hydrogen) atoms. The monoisotopic (exact) mass is 416 g/mol. The summed E-state index contributed by atoms with van der Waals surface area (Å²) < 4.78 is 0. The first-order valence-electron chi connectivity index (χ1n) is 11.2. The molecule has 0 aromatic heterocycles. The molecule has 0 spiro atoms. The van der Waals surface area contributed by atoms with Crippen LogP contribution in [0.15, 0.2) is 48.5 Å². The van der Waals surface area contributed by atoms with Gasteiger partial charge in [-0.3, -0.25) is 19.3 Å². The molecule has 1 N–H and O–H groups in total. The van der Waals surface area contributed by atoms with Gasteiger partial charge in [-0.25, -0.2) is 0 Å². The molecule has 5 nitrogen and oxygen atoms in total. The summed E-state index contributed by atoms with van der Waals surface area (Å²) in [5.74, 6) is -0.420. The number of hydrogen-bond acceptors (Lipinski definition) is 3. The molecule has 3 fully saturated rings. The maximum absolute atomic E-state index is 13.5. The van der Waals surface area contributed by atoms with Gasteiger partial charge in [-0.2, -0.15) is 0 Å². The number of benzene rings is 2. The maximum Gasteiger partial charge on any atom is 0.248 e. The fraction of sp³-hybridized carbons (Fsp3) is 0.423. The molecule has 2 bridgehead atoms. The SMILES string of the molecule is Cc1cccc(C)c1NC(=O)[C@@H](Cc1ccccc1)N1C(=O)[C@H]2[C@@H]3CC[C@@H](C3)[C@@H]2C1=O. The minimum absolute atomic E-state index is 0.139. The van der Waals surface area contributed by atoms with E-state index in [1.54, 1.807) is 0 Å². The fourth-order valence-electron chi connectivity index (χ4n) is 6.10. The Balaban J connectivity index is 1.48. The Hall–Kier alpha value is -2.95. The molecule has 5 heteroatoms. The molecule has 0 radical (unpaired) electrons. The highest BCUT2D eigenvalue weighted by molar-refractivity contribution is 6.10. The zero-order valence-corrected chi connectivity index (χ0v) is 18.0. The van der Waals surface area contributed by atoms with Crippen molar-refractivity contribution in [2.75, 3.05) is 5.32 Å². The first-order valence-corrected chi connectivity index (χ1v) is 11.2. The lowest BCUT2D eigenvalue weighted by molar-refractivity contribution is -0.147. The van der Waals surface area contributed by atoms with E-state index in [0.29, 0.717) is 18.3 Å². The van der Waals surface area contributed by atoms with Crippen molar-refractivity contribution in [1.82, 2.24) is 4.90 Å². The van der Waals surface area contributed by atoms with Crippen LogP contribution in [0.5, 0.6) is 0 Å². The molecule has 0 unspecified atom stereocenters. The van der Waals surface area contributed by atoms with Crippen molar-refractivity contribution < 1.29 is 14.4 Å². The Labute approximate surface area is 182 Å². The van der Waals surface area contributed by atoms with Crippen molar-refractivity contribution in [2.24, 2.45) is 23.7 Å². The molecule has 1 heterocycles. The molecule has 3 aliphatic rings. The van der Waals surface area contributed by atoms with Crippen LogP contribution in [-0.2, 0) is 20.8 Å². The molecule has 2 aromatic carbocycles. The van der Waals surface area contributed by atoms with Crippen molar-refractivity contribution in [1.29, 1.82) is 0 Å². The third-order valence-corrected chi connectivity index (χ3v) is 7.58. The van der Waals surface area contributed by atoms with Crippen LogP contribution in [0.4, 0.5) is 5.69 Å². The number of nitrogens with one attached hydrogen (secondary N) is 1. The fourth-order valence-corrected chi connectivity index (χ4v) is 6.10. The van der Waals surface area contributed by atoms with Gasteiger partial charge in [0, 0.05) is 12.1 Å². The Morgan fingerprint density at radius 3 is 2.10 bits per heavy atom. The summed E-state index contributed by atoms with van der Waals surface area (Å²) >= 11 is 0. The summed E-state index contributed by atoms with van der Waals surface area (Å²) in [7, 11) is 0. The molecule has 2 saturated carbocycles. The van der Waals surface area contributed by atoms with E-state index in [2.05, 4.69) is 5.32 Å². The zero-order valence-electron chi connectivity index (χ0n) is 18.0. The summed E-state index contributed by atoms with van der Waals surface area (Å²) in [5, 5.41) is 3.04. The number of likely N-dealkylation sites (tertiary alicyclic amines) is 1. The zero-order chi connectivity index (χ0) is 21.7. The van der Waals surface area contributed by atoms with Gasteiger partial charge in [-0.15, -0.1) is 0 Å². The Kier molecular flexibility index (Phi) is 4.92. The molecule has 5 rings (SSSR count). The molecule has 2 aromatic rings. The van der Waals surface area contributed by atoms with E-state index < -0.39 is 6.04 Å². The number of anilines is 1. The van der Waals surface area contributed by atoms with Gasteiger partial charge >= 0.3 is 0 Å². The third kappa shape index (κ3) is 3.27. The van der Waals surface area contributed by atoms with Gasteiger partial charge in [0.1, 0.15) is 6.04 Å². The van der Waals surface area contributed by atoms with Crippen molar-refractivity contribution in [3.63, 3.8) is 0 Å². The largest absolute Gasteiger partial charge is 0.324 e. The highest BCUT2D eigenvalue weighted by Gasteiger charge is 2.62. The van der Waals surface area contributed by atoms with E-state index in [-0.39, 0.29) is 29.6 Å². The number of hydrogen-bond donors (Lipinski definition) is 1. The van der Waals surface area contributed by atoms with Crippen molar-refractivity contribution in [3.8, 4) is 0 Å². The van der Waals surface area contributed by atoms with Crippen molar-refractivity contribution >= 4 is 23.4 Å². The van der Waals surface area contributed by atoms with Crippen molar-refractivity contribution in [3.05, 3.63) is 65.2 Å². The van der Waals surface area contributed by atoms with Gasteiger partial charge in [0.25, 0.3) is 0 Å². The quantitative estimate of drug-likeness (QED) is 0.752. The standard InChI is InChI=1S/C26H28N2O3/c1-15-7-6-8-16(2)23(15)27-24(29)20(13-17-9-4-3-5-10-17)28-25(30)21-18-11-12-19(14-18)22(21)26(28)31/h3-10,18-22H,11-14H2,1-2H3,(H,27,29)/t18-,19+,20-,21+,22+/m1/s1. The van der Waals surface area contributed by atoms with Crippen LogP contribution in [-0.4, -0.2) is 28.7 Å². The Bertz CT molecular complexity index is 1000. The maximum atomic E-state index is 13.5. The summed E-state index contributed by atoms with van der Waals surface area (Å²) in [5.41, 5.74) is 3.61. The molecule has 3 amide bonds. The molecule has 160 valence electrons. The second-order valence-corrected chi connectivity index (χ2v) is 9.39. The molecule has 1 aliphatic heterocycles. The normalized spacial score (nSPS) is 27.5. The highest BCUT2D eigenvalue weighted by Crippen LogP contribution is 2.56. The molecule has 1 saturated heterocycles. The van der Waals surface area contributed by atoms with Gasteiger partial charge in [0.05, 0.1) is 11.8 Å². The van der Waals surface area contributed by atoms with E-state index >= 15 is 0 Å². The summed E-state index contributed by atoms with van der Waals surface area (Å²) in [6, 6.07) is 14.6. The van der Waals surface area contributed by atoms with Crippen molar-refractivity contribution in [2.45, 2.75) is 45.6 Å². The second-order valence-electron chi connectivity index (χ2n) is 9.39. The van der Waals surface area contributed by atoms with Crippen LogP contribution in [0, 0.1) is 37.5 Å².